The zero-order valence-electron chi connectivity index (χ0n) is 25.3. The van der Waals surface area contributed by atoms with E-state index in [1.54, 1.807) is 30.9 Å². The molecule has 1 saturated heterocycles. The van der Waals surface area contributed by atoms with Gasteiger partial charge in [-0.05, 0) is 75.9 Å². The number of ether oxygens (including phenoxy) is 2. The molecule has 1 aliphatic heterocycles. The van der Waals surface area contributed by atoms with Gasteiger partial charge in [-0.15, -0.1) is 0 Å². The second-order valence-corrected chi connectivity index (χ2v) is 11.5. The molecule has 0 unspecified atom stereocenters. The van der Waals surface area contributed by atoms with E-state index >= 15 is 0 Å². The number of aromatic nitrogens is 7. The summed E-state index contributed by atoms with van der Waals surface area (Å²) in [5, 5.41) is 7.60. The lowest BCUT2D eigenvalue weighted by molar-refractivity contribution is 0.237. The summed E-state index contributed by atoms with van der Waals surface area (Å²) in [6.45, 7) is 4.96. The number of nitrogens with zero attached hydrogens (tertiary/aromatic N) is 7. The van der Waals surface area contributed by atoms with Gasteiger partial charge in [0, 0.05) is 42.7 Å². The first-order valence-electron chi connectivity index (χ1n) is 15.1. The summed E-state index contributed by atoms with van der Waals surface area (Å²) in [6, 6.07) is 10.5. The Morgan fingerprint density at radius 2 is 1.67 bits per heavy atom. The highest BCUT2D eigenvalue weighted by molar-refractivity contribution is 5.96. The van der Waals surface area contributed by atoms with Gasteiger partial charge in [-0.3, -0.25) is 20.0 Å². The quantitative estimate of drug-likeness (QED) is 0.205. The highest BCUT2D eigenvalue weighted by atomic mass is 19.1. The third-order valence-electron chi connectivity index (χ3n) is 7.90. The van der Waals surface area contributed by atoms with E-state index in [2.05, 4.69) is 30.0 Å². The molecule has 0 atom stereocenters. The number of H-pyrrole nitrogens is 2. The van der Waals surface area contributed by atoms with Crippen LogP contribution in [0.2, 0.25) is 0 Å². The van der Waals surface area contributed by atoms with Gasteiger partial charge in [-0.25, -0.2) is 14.4 Å². The van der Waals surface area contributed by atoms with Crippen molar-refractivity contribution in [3.8, 4) is 45.4 Å². The number of nitrogens with one attached hydrogen (secondary N) is 2. The van der Waals surface area contributed by atoms with Gasteiger partial charge in [0.05, 0.1) is 34.6 Å². The van der Waals surface area contributed by atoms with Gasteiger partial charge in [0.1, 0.15) is 36.0 Å². The molecule has 45 heavy (non-hydrogen) atoms. The van der Waals surface area contributed by atoms with Crippen LogP contribution < -0.4 is 9.47 Å². The summed E-state index contributed by atoms with van der Waals surface area (Å²) in [4.78, 5) is 26.4. The Bertz CT molecular complexity index is 1950. The lowest BCUT2D eigenvalue weighted by Crippen LogP contribution is -2.25. The first-order valence-corrected chi connectivity index (χ1v) is 15.1. The molecular formula is C33H34FN9O2. The Labute approximate surface area is 259 Å². The topological polar surface area (TPSA) is 121 Å². The number of fused-ring (bicyclic) bond motifs is 2. The maximum Gasteiger partial charge on any atom is 0.161 e. The standard InChI is InChI=1S/C33H34FN9O2/c1-42(2)9-11-44-24-14-21(13-23(34)16-24)26-19-36-20-29-30(26)39-33(38-29)32-31-28(40-41-32)6-5-27(37-31)22-15-25(18-35-17-22)45-12-10-43-7-3-4-8-43/h5-6,13-20H,3-4,7-12H2,1-2H3,(H,38,39)(H,40,41). The van der Waals surface area contributed by atoms with Crippen molar-refractivity contribution in [2.45, 2.75) is 12.8 Å². The fraction of sp³-hybridized carbons (Fsp3) is 0.303. The number of imidazole rings is 1. The van der Waals surface area contributed by atoms with Crippen LogP contribution in [-0.4, -0.2) is 98.4 Å². The molecule has 0 radical (unpaired) electrons. The highest BCUT2D eigenvalue weighted by Gasteiger charge is 2.18. The number of aromatic amines is 2. The van der Waals surface area contributed by atoms with Crippen molar-refractivity contribution in [1.82, 2.24) is 44.9 Å². The Kier molecular flexibility index (Phi) is 8.05. The number of halogens is 1. The van der Waals surface area contributed by atoms with E-state index in [-0.39, 0.29) is 0 Å². The number of benzene rings is 1. The molecule has 0 bridgehead atoms. The smallest absolute Gasteiger partial charge is 0.161 e. The van der Waals surface area contributed by atoms with Gasteiger partial charge in [0.2, 0.25) is 0 Å². The van der Waals surface area contributed by atoms with E-state index in [1.165, 1.54) is 25.0 Å². The van der Waals surface area contributed by atoms with Crippen LogP contribution in [0, 0.1) is 5.82 Å². The minimum Gasteiger partial charge on any atom is -0.492 e. The fourth-order valence-corrected chi connectivity index (χ4v) is 5.57. The maximum absolute atomic E-state index is 14.7. The normalized spacial score (nSPS) is 13.8. The molecule has 2 N–H and O–H groups in total. The lowest BCUT2D eigenvalue weighted by atomic mass is 10.1. The molecule has 1 fully saturated rings. The second kappa shape index (κ2) is 12.6. The Balaban J connectivity index is 1.17. The van der Waals surface area contributed by atoms with Crippen LogP contribution in [0.15, 0.2) is 61.2 Å². The van der Waals surface area contributed by atoms with Crippen molar-refractivity contribution in [1.29, 1.82) is 0 Å². The molecular weight excluding hydrogens is 573 g/mol. The zero-order chi connectivity index (χ0) is 30.8. The molecule has 5 aromatic heterocycles. The van der Waals surface area contributed by atoms with E-state index in [0.717, 1.165) is 36.4 Å². The monoisotopic (exact) mass is 607 g/mol. The van der Waals surface area contributed by atoms with E-state index < -0.39 is 5.82 Å². The molecule has 0 aliphatic carbocycles. The van der Waals surface area contributed by atoms with E-state index in [1.807, 2.05) is 37.2 Å². The predicted molar refractivity (Wildman–Crippen MR) is 171 cm³/mol. The number of hydrogen-bond acceptors (Lipinski definition) is 9. The van der Waals surface area contributed by atoms with E-state index in [4.69, 9.17) is 19.4 Å². The molecule has 6 aromatic rings. The first kappa shape index (κ1) is 28.8. The summed E-state index contributed by atoms with van der Waals surface area (Å²) in [5.74, 6) is 1.28. The van der Waals surface area contributed by atoms with Gasteiger partial charge in [-0.2, -0.15) is 5.10 Å². The average Bonchev–Trinajstić information content (AvgIpc) is 3.80. The van der Waals surface area contributed by atoms with Crippen LogP contribution in [0.3, 0.4) is 0 Å². The van der Waals surface area contributed by atoms with Crippen molar-refractivity contribution in [2.24, 2.45) is 0 Å². The molecule has 7 rings (SSSR count). The summed E-state index contributed by atoms with van der Waals surface area (Å²) < 4.78 is 26.5. The lowest BCUT2D eigenvalue weighted by Gasteiger charge is -2.15. The zero-order valence-corrected chi connectivity index (χ0v) is 25.3. The molecule has 230 valence electrons. The van der Waals surface area contributed by atoms with E-state index in [9.17, 15) is 4.39 Å². The molecule has 0 spiro atoms. The third-order valence-corrected chi connectivity index (χ3v) is 7.90. The number of hydrogen-bond donors (Lipinski definition) is 2. The molecule has 12 heteroatoms. The second-order valence-electron chi connectivity index (χ2n) is 11.5. The van der Waals surface area contributed by atoms with Gasteiger partial charge < -0.3 is 19.4 Å². The van der Waals surface area contributed by atoms with Crippen LogP contribution in [0.1, 0.15) is 12.8 Å². The van der Waals surface area contributed by atoms with Gasteiger partial charge >= 0.3 is 0 Å². The van der Waals surface area contributed by atoms with Crippen LogP contribution in [-0.2, 0) is 0 Å². The minimum absolute atomic E-state index is 0.398. The molecule has 0 amide bonds. The molecule has 1 aliphatic rings. The summed E-state index contributed by atoms with van der Waals surface area (Å²) in [5.41, 5.74) is 6.19. The van der Waals surface area contributed by atoms with Crippen LogP contribution >= 0.6 is 0 Å². The molecule has 6 heterocycles. The Morgan fingerprint density at radius 3 is 2.53 bits per heavy atom. The van der Waals surface area contributed by atoms with Crippen LogP contribution in [0.4, 0.5) is 4.39 Å². The SMILES string of the molecule is CN(C)CCOc1cc(F)cc(-c2cncc3[nH]c(-c4n[nH]c5ccc(-c6cncc(OCCN7CCCC7)c6)nc45)nc23)c1. The third kappa shape index (κ3) is 6.33. The van der Waals surface area contributed by atoms with Gasteiger partial charge in [0.15, 0.2) is 11.5 Å². The van der Waals surface area contributed by atoms with E-state index in [0.29, 0.717) is 70.5 Å². The van der Waals surface area contributed by atoms with Crippen molar-refractivity contribution in [3.63, 3.8) is 0 Å². The summed E-state index contributed by atoms with van der Waals surface area (Å²) in [6.07, 6.45) is 9.39. The highest BCUT2D eigenvalue weighted by Crippen LogP contribution is 2.33. The molecule has 1 aromatic carbocycles. The first-order chi connectivity index (χ1) is 22.0. The van der Waals surface area contributed by atoms with Crippen molar-refractivity contribution < 1.29 is 13.9 Å². The molecule has 0 saturated carbocycles. The summed E-state index contributed by atoms with van der Waals surface area (Å²) >= 11 is 0. The summed E-state index contributed by atoms with van der Waals surface area (Å²) in [7, 11) is 3.92. The average molecular weight is 608 g/mol. The van der Waals surface area contributed by atoms with Gasteiger partial charge in [-0.1, -0.05) is 0 Å². The van der Waals surface area contributed by atoms with Crippen molar-refractivity contribution in [2.75, 3.05) is 53.5 Å². The molecule has 11 nitrogen and oxygen atoms in total. The number of likely N-dealkylation sites (N-methyl/N-ethyl adjacent to an activating group) is 1. The Hall–Kier alpha value is -4.94. The predicted octanol–water partition coefficient (Wildman–Crippen LogP) is 5.18. The number of rotatable bonds is 11. The van der Waals surface area contributed by atoms with Crippen molar-refractivity contribution >= 4 is 22.1 Å². The fourth-order valence-electron chi connectivity index (χ4n) is 5.57. The number of likely N-dealkylation sites (tertiary alicyclic amines) is 1. The Morgan fingerprint density at radius 1 is 0.844 bits per heavy atom. The van der Waals surface area contributed by atoms with Crippen molar-refractivity contribution in [3.05, 3.63) is 67.0 Å². The minimum atomic E-state index is -0.398. The van der Waals surface area contributed by atoms with Crippen LogP contribution in [0.25, 0.3) is 56.0 Å². The largest absolute Gasteiger partial charge is 0.492 e. The number of pyridine rings is 3. The maximum atomic E-state index is 14.7. The van der Waals surface area contributed by atoms with Crippen LogP contribution in [0.5, 0.6) is 11.5 Å². The van der Waals surface area contributed by atoms with Gasteiger partial charge in [0.25, 0.3) is 0 Å².